The van der Waals surface area contributed by atoms with Crippen LogP contribution >= 0.6 is 0 Å². The number of nitrogens with zero attached hydrogens (tertiary/aromatic N) is 3. The van der Waals surface area contributed by atoms with Crippen molar-refractivity contribution in [2.45, 2.75) is 48.9 Å². The van der Waals surface area contributed by atoms with Crippen LogP contribution in [0.15, 0.2) is 62.7 Å². The maximum Gasteiger partial charge on any atom is 0.322 e. The van der Waals surface area contributed by atoms with Crippen molar-refractivity contribution in [2.75, 3.05) is 17.6 Å². The zero-order valence-corrected chi connectivity index (χ0v) is 21.0. The number of carbonyl (C=O) groups is 1. The minimum absolute atomic E-state index is 0.00658. The molecule has 0 spiro atoms. The van der Waals surface area contributed by atoms with Crippen molar-refractivity contribution in [1.29, 1.82) is 0 Å². The van der Waals surface area contributed by atoms with Gasteiger partial charge in [-0.1, -0.05) is 18.4 Å². The van der Waals surface area contributed by atoms with Crippen LogP contribution in [0.25, 0.3) is 11.5 Å². The standard InChI is InChI=1S/C23H26N4O6S2/c1-3-34(29,30)19-11-9-18(10-12-19)22-25-26-23(33-22)24-21(28)17-7-13-20(14-8-17)35(31,32)27-15-5-4-6-16(27)2/h7-14,16H,3-6,15H2,1-2H3,(H,24,26,28). The Hall–Kier alpha value is -3.09. The third-order valence-corrected chi connectivity index (χ3v) is 9.73. The molecular weight excluding hydrogens is 492 g/mol. The number of sulfone groups is 1. The summed E-state index contributed by atoms with van der Waals surface area (Å²) in [5, 5.41) is 10.2. The highest BCUT2D eigenvalue weighted by Crippen LogP contribution is 2.26. The monoisotopic (exact) mass is 518 g/mol. The molecule has 1 saturated heterocycles. The zero-order valence-electron chi connectivity index (χ0n) is 19.3. The summed E-state index contributed by atoms with van der Waals surface area (Å²) in [5.41, 5.74) is 0.721. The summed E-state index contributed by atoms with van der Waals surface area (Å²) in [5.74, 6) is -0.439. The number of carbonyl (C=O) groups excluding carboxylic acids is 1. The van der Waals surface area contributed by atoms with Gasteiger partial charge in [-0.15, -0.1) is 5.10 Å². The molecule has 1 atom stereocenters. The number of hydrogen-bond acceptors (Lipinski definition) is 8. The van der Waals surface area contributed by atoms with Crippen molar-refractivity contribution in [3.63, 3.8) is 0 Å². The second kappa shape index (κ2) is 9.88. The average Bonchev–Trinajstić information content (AvgIpc) is 3.32. The summed E-state index contributed by atoms with van der Waals surface area (Å²) in [4.78, 5) is 12.9. The Labute approximate surface area is 204 Å². The molecule has 1 N–H and O–H groups in total. The fourth-order valence-corrected chi connectivity index (χ4v) is 6.46. The third kappa shape index (κ3) is 5.29. The number of hydrogen-bond donors (Lipinski definition) is 1. The molecule has 1 aliphatic rings. The predicted octanol–water partition coefficient (Wildman–Crippen LogP) is 3.35. The van der Waals surface area contributed by atoms with E-state index in [4.69, 9.17) is 4.42 Å². The van der Waals surface area contributed by atoms with E-state index in [2.05, 4.69) is 15.5 Å². The summed E-state index contributed by atoms with van der Waals surface area (Å²) in [6, 6.07) is 11.5. The van der Waals surface area contributed by atoms with Gasteiger partial charge >= 0.3 is 6.01 Å². The number of rotatable bonds is 7. The number of piperidine rings is 1. The molecule has 1 fully saturated rings. The van der Waals surface area contributed by atoms with Crippen LogP contribution in [0.4, 0.5) is 6.01 Å². The molecule has 0 bridgehead atoms. The lowest BCUT2D eigenvalue weighted by molar-refractivity contribution is 0.102. The fraction of sp³-hybridized carbons (Fsp3) is 0.348. The van der Waals surface area contributed by atoms with Crippen LogP contribution in [0.3, 0.4) is 0 Å². The molecule has 186 valence electrons. The van der Waals surface area contributed by atoms with Gasteiger partial charge in [-0.05, 0) is 68.3 Å². The van der Waals surface area contributed by atoms with E-state index in [-0.39, 0.29) is 39.1 Å². The van der Waals surface area contributed by atoms with Crippen molar-refractivity contribution in [2.24, 2.45) is 0 Å². The molecule has 4 rings (SSSR count). The van der Waals surface area contributed by atoms with Gasteiger partial charge in [0.25, 0.3) is 5.91 Å². The summed E-state index contributed by atoms with van der Waals surface area (Å²) in [6.45, 7) is 3.96. The van der Waals surface area contributed by atoms with Gasteiger partial charge in [0.15, 0.2) is 9.84 Å². The zero-order chi connectivity index (χ0) is 25.2. The van der Waals surface area contributed by atoms with E-state index < -0.39 is 25.8 Å². The topological polar surface area (TPSA) is 140 Å². The maximum atomic E-state index is 13.0. The second-order valence-electron chi connectivity index (χ2n) is 8.28. The van der Waals surface area contributed by atoms with Crippen LogP contribution in [0.2, 0.25) is 0 Å². The molecule has 0 aliphatic carbocycles. The van der Waals surface area contributed by atoms with Gasteiger partial charge in [0.2, 0.25) is 15.9 Å². The van der Waals surface area contributed by atoms with Crippen molar-refractivity contribution < 1.29 is 26.0 Å². The first-order chi connectivity index (χ1) is 16.6. The second-order valence-corrected chi connectivity index (χ2v) is 12.4. The van der Waals surface area contributed by atoms with Gasteiger partial charge in [0.1, 0.15) is 0 Å². The van der Waals surface area contributed by atoms with Gasteiger partial charge in [0, 0.05) is 23.7 Å². The third-order valence-electron chi connectivity index (χ3n) is 5.95. The number of aromatic nitrogens is 2. The Balaban J connectivity index is 1.44. The van der Waals surface area contributed by atoms with E-state index in [0.717, 1.165) is 19.3 Å². The Bertz CT molecular complexity index is 1420. The van der Waals surface area contributed by atoms with E-state index in [0.29, 0.717) is 12.1 Å². The van der Waals surface area contributed by atoms with E-state index in [1.54, 1.807) is 19.1 Å². The molecular formula is C23H26N4O6S2. The first kappa shape index (κ1) is 25.0. The van der Waals surface area contributed by atoms with E-state index >= 15 is 0 Å². The minimum atomic E-state index is -3.63. The lowest BCUT2D eigenvalue weighted by Gasteiger charge is -2.32. The highest BCUT2D eigenvalue weighted by atomic mass is 32.2. The van der Waals surface area contributed by atoms with Crippen LogP contribution in [-0.4, -0.2) is 55.6 Å². The number of sulfonamides is 1. The van der Waals surface area contributed by atoms with E-state index in [1.807, 2.05) is 6.92 Å². The molecule has 0 radical (unpaired) electrons. The van der Waals surface area contributed by atoms with Crippen molar-refractivity contribution >= 4 is 31.8 Å². The molecule has 10 nitrogen and oxygen atoms in total. The normalized spacial score (nSPS) is 17.3. The highest BCUT2D eigenvalue weighted by Gasteiger charge is 2.31. The Morgan fingerprint density at radius 1 is 1.00 bits per heavy atom. The molecule has 1 unspecified atom stereocenters. The number of amides is 1. The molecule has 1 aromatic heterocycles. The lowest BCUT2D eigenvalue weighted by Crippen LogP contribution is -2.41. The van der Waals surface area contributed by atoms with Crippen LogP contribution in [0, 0.1) is 0 Å². The van der Waals surface area contributed by atoms with E-state index in [9.17, 15) is 21.6 Å². The maximum absolute atomic E-state index is 13.0. The van der Waals surface area contributed by atoms with Gasteiger partial charge in [-0.25, -0.2) is 16.8 Å². The molecule has 1 aliphatic heterocycles. The number of nitrogens with one attached hydrogen (secondary N) is 1. The van der Waals surface area contributed by atoms with Crippen molar-refractivity contribution in [1.82, 2.24) is 14.5 Å². The van der Waals surface area contributed by atoms with Gasteiger partial charge in [-0.3, -0.25) is 10.1 Å². The number of anilines is 1. The molecule has 3 aromatic rings. The van der Waals surface area contributed by atoms with Crippen molar-refractivity contribution in [3.8, 4) is 11.5 Å². The van der Waals surface area contributed by atoms with Crippen LogP contribution in [0.1, 0.15) is 43.5 Å². The number of benzene rings is 2. The Morgan fingerprint density at radius 3 is 2.29 bits per heavy atom. The molecule has 1 amide bonds. The summed E-state index contributed by atoms with van der Waals surface area (Å²) in [7, 11) is -6.96. The fourth-order valence-electron chi connectivity index (χ4n) is 3.87. The Morgan fingerprint density at radius 2 is 1.66 bits per heavy atom. The highest BCUT2D eigenvalue weighted by molar-refractivity contribution is 7.91. The predicted molar refractivity (Wildman–Crippen MR) is 129 cm³/mol. The smallest absolute Gasteiger partial charge is 0.322 e. The quantitative estimate of drug-likeness (QED) is 0.502. The average molecular weight is 519 g/mol. The summed E-state index contributed by atoms with van der Waals surface area (Å²) >= 11 is 0. The van der Waals surface area contributed by atoms with Crippen LogP contribution in [-0.2, 0) is 19.9 Å². The van der Waals surface area contributed by atoms with Crippen LogP contribution < -0.4 is 5.32 Å². The SMILES string of the molecule is CCS(=O)(=O)c1ccc(-c2nnc(NC(=O)c3ccc(S(=O)(=O)N4CCCCC4C)cc3)o2)cc1. The van der Waals surface area contributed by atoms with Gasteiger partial charge < -0.3 is 4.42 Å². The first-order valence-electron chi connectivity index (χ1n) is 11.2. The lowest BCUT2D eigenvalue weighted by atomic mass is 10.1. The van der Waals surface area contributed by atoms with Crippen molar-refractivity contribution in [3.05, 3.63) is 54.1 Å². The molecule has 35 heavy (non-hydrogen) atoms. The molecule has 12 heteroatoms. The minimum Gasteiger partial charge on any atom is -0.403 e. The van der Waals surface area contributed by atoms with Crippen LogP contribution in [0.5, 0.6) is 0 Å². The Kier molecular flexibility index (Phi) is 7.06. The molecule has 2 aromatic carbocycles. The summed E-state index contributed by atoms with van der Waals surface area (Å²) < 4.78 is 56.8. The first-order valence-corrected chi connectivity index (χ1v) is 14.3. The summed E-state index contributed by atoms with van der Waals surface area (Å²) in [6.07, 6.45) is 2.67. The van der Waals surface area contributed by atoms with E-state index in [1.165, 1.54) is 40.7 Å². The van der Waals surface area contributed by atoms with Gasteiger partial charge in [0.05, 0.1) is 15.5 Å². The van der Waals surface area contributed by atoms with Gasteiger partial charge in [-0.2, -0.15) is 4.31 Å². The molecule has 2 heterocycles. The largest absolute Gasteiger partial charge is 0.403 e. The molecule has 0 saturated carbocycles.